The number of nitrogens with two attached hydrogens (primary N) is 1. The molecule has 0 bridgehead atoms. The zero-order valence-corrected chi connectivity index (χ0v) is 13.0. The van der Waals surface area contributed by atoms with Crippen molar-refractivity contribution >= 4 is 11.6 Å². The topological polar surface area (TPSA) is 53.1 Å². The summed E-state index contributed by atoms with van der Waals surface area (Å²) in [5.41, 5.74) is 7.80. The molecule has 0 spiro atoms. The quantitative estimate of drug-likeness (QED) is 0.892. The number of hydrogen-bond acceptors (Lipinski definition) is 3. The minimum Gasteiger partial charge on any atom is -0.484 e. The van der Waals surface area contributed by atoms with E-state index in [4.69, 9.17) is 22.1 Å². The lowest BCUT2D eigenvalue weighted by Gasteiger charge is -2.13. The average Bonchev–Trinajstić information content (AvgIpc) is 2.74. The smallest absolute Gasteiger partial charge is 0.165 e. The van der Waals surface area contributed by atoms with Gasteiger partial charge in [0.2, 0.25) is 0 Å². The molecule has 0 aliphatic carbocycles. The van der Waals surface area contributed by atoms with Crippen LogP contribution in [0.25, 0.3) is 0 Å². The predicted molar refractivity (Wildman–Crippen MR) is 81.1 cm³/mol. The second-order valence-electron chi connectivity index (χ2n) is 4.72. The molecule has 21 heavy (non-hydrogen) atoms. The monoisotopic (exact) mass is 311 g/mol. The standard InChI is InChI=1S/C15H19ClFN3O/c1-3-20-13(14(16)10(2)19-20)9-21-15-11(7-8-18)5-4-6-12(15)17/h4-6H,3,7-9,18H2,1-2H3. The highest BCUT2D eigenvalue weighted by atomic mass is 35.5. The molecule has 2 aromatic rings. The van der Waals surface area contributed by atoms with E-state index in [0.717, 1.165) is 17.0 Å². The first kappa shape index (κ1) is 15.8. The van der Waals surface area contributed by atoms with Crippen LogP contribution in [0.4, 0.5) is 4.39 Å². The Balaban J connectivity index is 2.24. The Morgan fingerprint density at radius 1 is 1.43 bits per heavy atom. The van der Waals surface area contributed by atoms with Gasteiger partial charge >= 0.3 is 0 Å². The molecular weight excluding hydrogens is 293 g/mol. The van der Waals surface area contributed by atoms with Crippen molar-refractivity contribution in [2.75, 3.05) is 6.54 Å². The molecule has 4 nitrogen and oxygen atoms in total. The van der Waals surface area contributed by atoms with Crippen molar-refractivity contribution in [1.29, 1.82) is 0 Å². The van der Waals surface area contributed by atoms with Gasteiger partial charge in [-0.25, -0.2) is 4.39 Å². The zero-order valence-electron chi connectivity index (χ0n) is 12.2. The molecule has 0 unspecified atom stereocenters. The van der Waals surface area contributed by atoms with E-state index in [1.807, 2.05) is 19.9 Å². The Bertz CT molecular complexity index is 628. The van der Waals surface area contributed by atoms with Gasteiger partial charge in [-0.3, -0.25) is 4.68 Å². The van der Waals surface area contributed by atoms with Crippen molar-refractivity contribution in [3.05, 3.63) is 46.0 Å². The molecule has 0 fully saturated rings. The fraction of sp³-hybridized carbons (Fsp3) is 0.400. The Kier molecular flexibility index (Phi) is 5.20. The van der Waals surface area contributed by atoms with Gasteiger partial charge in [-0.1, -0.05) is 23.7 Å². The summed E-state index contributed by atoms with van der Waals surface area (Å²) in [7, 11) is 0. The van der Waals surface area contributed by atoms with Gasteiger partial charge in [0.1, 0.15) is 6.61 Å². The third-order valence-electron chi connectivity index (χ3n) is 3.27. The summed E-state index contributed by atoms with van der Waals surface area (Å²) in [6.45, 7) is 5.09. The van der Waals surface area contributed by atoms with Crippen LogP contribution in [-0.2, 0) is 19.6 Å². The average molecular weight is 312 g/mol. The highest BCUT2D eigenvalue weighted by Gasteiger charge is 2.15. The lowest BCUT2D eigenvalue weighted by Crippen LogP contribution is -2.10. The first-order chi connectivity index (χ1) is 10.1. The highest BCUT2D eigenvalue weighted by molar-refractivity contribution is 6.31. The lowest BCUT2D eigenvalue weighted by atomic mass is 10.1. The number of halogens is 2. The maximum absolute atomic E-state index is 13.9. The molecule has 1 aromatic heterocycles. The van der Waals surface area contributed by atoms with Gasteiger partial charge in [0, 0.05) is 6.54 Å². The van der Waals surface area contributed by atoms with Crippen LogP contribution in [0.3, 0.4) is 0 Å². The normalized spacial score (nSPS) is 10.9. The summed E-state index contributed by atoms with van der Waals surface area (Å²) < 4.78 is 21.4. The maximum Gasteiger partial charge on any atom is 0.165 e. The second-order valence-corrected chi connectivity index (χ2v) is 5.10. The minimum atomic E-state index is -0.392. The number of benzene rings is 1. The van der Waals surface area contributed by atoms with Gasteiger partial charge in [0.15, 0.2) is 11.6 Å². The molecule has 0 saturated heterocycles. The first-order valence-electron chi connectivity index (χ1n) is 6.90. The van der Waals surface area contributed by atoms with Crippen LogP contribution >= 0.6 is 11.6 Å². The van der Waals surface area contributed by atoms with Gasteiger partial charge in [-0.15, -0.1) is 0 Å². The zero-order chi connectivity index (χ0) is 15.4. The van der Waals surface area contributed by atoms with Gasteiger partial charge in [0.05, 0.1) is 16.4 Å². The molecule has 1 heterocycles. The Hall–Kier alpha value is -1.59. The number of ether oxygens (including phenoxy) is 1. The lowest BCUT2D eigenvalue weighted by molar-refractivity contribution is 0.275. The minimum absolute atomic E-state index is 0.173. The number of para-hydroxylation sites is 1. The van der Waals surface area contributed by atoms with Crippen LogP contribution in [0.2, 0.25) is 5.02 Å². The van der Waals surface area contributed by atoms with Gasteiger partial charge in [0.25, 0.3) is 0 Å². The molecule has 0 saturated carbocycles. The van der Waals surface area contributed by atoms with Gasteiger partial charge in [-0.05, 0) is 38.4 Å². The third kappa shape index (κ3) is 3.36. The number of aryl methyl sites for hydroxylation is 2. The van der Waals surface area contributed by atoms with Crippen molar-refractivity contribution in [2.45, 2.75) is 33.4 Å². The van der Waals surface area contributed by atoms with E-state index >= 15 is 0 Å². The molecule has 2 N–H and O–H groups in total. The van der Waals surface area contributed by atoms with E-state index in [1.54, 1.807) is 10.7 Å². The molecule has 0 aliphatic rings. The molecule has 2 rings (SSSR count). The SMILES string of the molecule is CCn1nc(C)c(Cl)c1COc1c(F)cccc1CCN. The fourth-order valence-electron chi connectivity index (χ4n) is 2.21. The summed E-state index contributed by atoms with van der Waals surface area (Å²) in [4.78, 5) is 0. The van der Waals surface area contributed by atoms with Crippen LogP contribution in [0.15, 0.2) is 18.2 Å². The Morgan fingerprint density at radius 2 is 2.19 bits per heavy atom. The molecule has 114 valence electrons. The Labute approximate surface area is 128 Å². The number of rotatable bonds is 6. The summed E-state index contributed by atoms with van der Waals surface area (Å²) in [5, 5.41) is 4.88. The predicted octanol–water partition coefficient (Wildman–Crippen LogP) is 3.08. The van der Waals surface area contributed by atoms with E-state index in [9.17, 15) is 4.39 Å². The summed E-state index contributed by atoms with van der Waals surface area (Å²) >= 11 is 6.22. The molecule has 0 atom stereocenters. The van der Waals surface area contributed by atoms with Crippen molar-refractivity contribution in [3.8, 4) is 5.75 Å². The van der Waals surface area contributed by atoms with E-state index in [-0.39, 0.29) is 12.4 Å². The number of nitrogens with zero attached hydrogens (tertiary/aromatic N) is 2. The van der Waals surface area contributed by atoms with Gasteiger partial charge < -0.3 is 10.5 Å². The summed E-state index contributed by atoms with van der Waals surface area (Å²) in [6.07, 6.45) is 0.562. The maximum atomic E-state index is 13.9. The van der Waals surface area contributed by atoms with Crippen molar-refractivity contribution in [3.63, 3.8) is 0 Å². The molecule has 0 aliphatic heterocycles. The van der Waals surface area contributed by atoms with E-state index in [1.165, 1.54) is 6.07 Å². The highest BCUT2D eigenvalue weighted by Crippen LogP contribution is 2.26. The molecule has 6 heteroatoms. The molecule has 0 amide bonds. The summed E-state index contributed by atoms with van der Waals surface area (Å²) in [6, 6.07) is 4.84. The van der Waals surface area contributed by atoms with E-state index in [2.05, 4.69) is 5.10 Å². The first-order valence-corrected chi connectivity index (χ1v) is 7.28. The van der Waals surface area contributed by atoms with Crippen LogP contribution in [0.5, 0.6) is 5.75 Å². The Morgan fingerprint density at radius 3 is 2.86 bits per heavy atom. The van der Waals surface area contributed by atoms with E-state index in [0.29, 0.717) is 24.5 Å². The van der Waals surface area contributed by atoms with Crippen LogP contribution in [0, 0.1) is 12.7 Å². The van der Waals surface area contributed by atoms with Gasteiger partial charge in [-0.2, -0.15) is 5.10 Å². The summed E-state index contributed by atoms with van der Waals surface area (Å²) in [5.74, 6) is -0.156. The molecule has 0 radical (unpaired) electrons. The number of aromatic nitrogens is 2. The molecular formula is C15H19ClFN3O. The van der Waals surface area contributed by atoms with E-state index < -0.39 is 5.82 Å². The van der Waals surface area contributed by atoms with Crippen molar-refractivity contribution in [2.24, 2.45) is 5.73 Å². The number of hydrogen-bond donors (Lipinski definition) is 1. The third-order valence-corrected chi connectivity index (χ3v) is 3.76. The van der Waals surface area contributed by atoms with Crippen LogP contribution < -0.4 is 10.5 Å². The largest absolute Gasteiger partial charge is 0.484 e. The van der Waals surface area contributed by atoms with Crippen molar-refractivity contribution < 1.29 is 9.13 Å². The van der Waals surface area contributed by atoms with Crippen LogP contribution in [0.1, 0.15) is 23.9 Å². The van der Waals surface area contributed by atoms with Crippen LogP contribution in [-0.4, -0.2) is 16.3 Å². The van der Waals surface area contributed by atoms with Crippen molar-refractivity contribution in [1.82, 2.24) is 9.78 Å². The fourth-order valence-corrected chi connectivity index (χ4v) is 2.40. The molecule has 1 aromatic carbocycles. The second kappa shape index (κ2) is 6.91.